The Labute approximate surface area is 181 Å². The van der Waals surface area contributed by atoms with Gasteiger partial charge >= 0.3 is 0 Å². The molecule has 1 atom stereocenters. The van der Waals surface area contributed by atoms with Crippen molar-refractivity contribution in [3.63, 3.8) is 0 Å². The zero-order valence-corrected chi connectivity index (χ0v) is 18.6. The number of benzene rings is 1. The minimum absolute atomic E-state index is 0. The predicted molar refractivity (Wildman–Crippen MR) is 120 cm³/mol. The lowest BCUT2D eigenvalue weighted by atomic mass is 10.0. The largest absolute Gasteiger partial charge is 0.493 e. The van der Waals surface area contributed by atoms with Crippen molar-refractivity contribution in [1.29, 1.82) is 0 Å². The molecule has 2 heterocycles. The molecule has 1 aliphatic heterocycles. The predicted octanol–water partition coefficient (Wildman–Crippen LogP) is 3.01. The van der Waals surface area contributed by atoms with Crippen molar-refractivity contribution in [2.24, 2.45) is 4.99 Å². The van der Waals surface area contributed by atoms with Gasteiger partial charge in [-0.15, -0.1) is 24.0 Å². The molecule has 1 aliphatic rings. The number of fused-ring (bicyclic) bond motifs is 1. The number of aliphatic imine (C=N–C) groups is 1. The minimum atomic E-state index is 0. The Balaban J connectivity index is 0.00000261. The number of carbonyl (C=O) groups excluding carboxylic acids is 1. The molecule has 1 amide bonds. The van der Waals surface area contributed by atoms with Gasteiger partial charge in [0.1, 0.15) is 5.75 Å². The first-order valence-corrected chi connectivity index (χ1v) is 9.55. The molecule has 0 saturated carbocycles. The normalized spacial score (nSPS) is 15.8. The summed E-state index contributed by atoms with van der Waals surface area (Å²) in [6, 6.07) is 10.2. The van der Waals surface area contributed by atoms with Gasteiger partial charge in [-0.2, -0.15) is 11.3 Å². The first-order valence-electron chi connectivity index (χ1n) is 8.61. The molecule has 2 aromatic rings. The SMILES string of the molecule is CN(C)C(=O)CNC(=NCc1ccsc1)NC1CCOc2ccccc21.I. The van der Waals surface area contributed by atoms with Crippen LogP contribution in [0.4, 0.5) is 0 Å². The number of hydrogen-bond donors (Lipinski definition) is 2. The van der Waals surface area contributed by atoms with E-state index in [2.05, 4.69) is 33.1 Å². The Morgan fingerprint density at radius 2 is 2.15 bits per heavy atom. The summed E-state index contributed by atoms with van der Waals surface area (Å²) in [5.41, 5.74) is 2.27. The molecule has 27 heavy (non-hydrogen) atoms. The molecule has 2 N–H and O–H groups in total. The third-order valence-electron chi connectivity index (χ3n) is 4.18. The lowest BCUT2D eigenvalue weighted by Crippen LogP contribution is -2.45. The van der Waals surface area contributed by atoms with E-state index < -0.39 is 0 Å². The van der Waals surface area contributed by atoms with Gasteiger partial charge in [-0.3, -0.25) is 4.79 Å². The summed E-state index contributed by atoms with van der Waals surface area (Å²) in [6.07, 6.45) is 0.845. The number of thiophene rings is 1. The van der Waals surface area contributed by atoms with Crippen LogP contribution in [0.1, 0.15) is 23.6 Å². The Kier molecular flexibility index (Phi) is 8.36. The highest BCUT2D eigenvalue weighted by molar-refractivity contribution is 14.0. The Morgan fingerprint density at radius 3 is 2.89 bits per heavy atom. The maximum atomic E-state index is 11.9. The third-order valence-corrected chi connectivity index (χ3v) is 4.91. The molecule has 8 heteroatoms. The van der Waals surface area contributed by atoms with E-state index in [-0.39, 0.29) is 42.5 Å². The number of ether oxygens (including phenoxy) is 1. The van der Waals surface area contributed by atoms with Crippen LogP contribution in [0.5, 0.6) is 5.75 Å². The minimum Gasteiger partial charge on any atom is -0.493 e. The zero-order chi connectivity index (χ0) is 18.4. The van der Waals surface area contributed by atoms with Gasteiger partial charge < -0.3 is 20.3 Å². The van der Waals surface area contributed by atoms with Crippen LogP contribution in [0.25, 0.3) is 0 Å². The summed E-state index contributed by atoms with van der Waals surface area (Å²) in [5, 5.41) is 10.7. The van der Waals surface area contributed by atoms with Crippen molar-refractivity contribution < 1.29 is 9.53 Å². The Bertz CT molecular complexity index is 765. The number of likely N-dealkylation sites (N-methyl/N-ethyl adjacent to an activating group) is 1. The van der Waals surface area contributed by atoms with Crippen LogP contribution in [-0.2, 0) is 11.3 Å². The molecule has 0 spiro atoms. The number of para-hydroxylation sites is 1. The van der Waals surface area contributed by atoms with E-state index in [0.717, 1.165) is 23.3 Å². The highest BCUT2D eigenvalue weighted by Gasteiger charge is 2.22. The summed E-state index contributed by atoms with van der Waals surface area (Å²) < 4.78 is 5.72. The van der Waals surface area contributed by atoms with E-state index in [9.17, 15) is 4.79 Å². The molecule has 0 bridgehead atoms. The molecular weight excluding hydrogens is 475 g/mol. The van der Waals surface area contributed by atoms with Crippen LogP contribution >= 0.6 is 35.3 Å². The summed E-state index contributed by atoms with van der Waals surface area (Å²) >= 11 is 1.65. The van der Waals surface area contributed by atoms with Crippen LogP contribution in [0, 0.1) is 0 Å². The standard InChI is InChI=1S/C19H24N4O2S.HI/c1-23(2)18(24)12-21-19(20-11-14-8-10-26-13-14)22-16-7-9-25-17-6-4-3-5-15(16)17;/h3-6,8,10,13,16H,7,9,11-12H2,1-2H3,(H2,20,21,22);1H. The second-order valence-corrected chi connectivity index (χ2v) is 7.09. The smallest absolute Gasteiger partial charge is 0.241 e. The average Bonchev–Trinajstić information content (AvgIpc) is 3.17. The average molecular weight is 500 g/mol. The number of nitrogens with zero attached hydrogens (tertiary/aromatic N) is 2. The maximum Gasteiger partial charge on any atom is 0.241 e. The summed E-state index contributed by atoms with van der Waals surface area (Å²) in [4.78, 5) is 18.1. The van der Waals surface area contributed by atoms with E-state index in [1.807, 2.05) is 23.6 Å². The van der Waals surface area contributed by atoms with Crippen LogP contribution in [-0.4, -0.2) is 44.0 Å². The number of hydrogen-bond acceptors (Lipinski definition) is 4. The quantitative estimate of drug-likeness (QED) is 0.377. The summed E-state index contributed by atoms with van der Waals surface area (Å²) in [7, 11) is 3.49. The number of carbonyl (C=O) groups is 1. The van der Waals surface area contributed by atoms with Crippen molar-refractivity contribution >= 4 is 47.2 Å². The van der Waals surface area contributed by atoms with Crippen molar-refractivity contribution in [1.82, 2.24) is 15.5 Å². The molecule has 1 aromatic carbocycles. The number of halogens is 1. The first-order chi connectivity index (χ1) is 12.6. The van der Waals surface area contributed by atoms with E-state index in [1.54, 1.807) is 30.3 Å². The van der Waals surface area contributed by atoms with Gasteiger partial charge in [-0.1, -0.05) is 18.2 Å². The molecule has 0 aliphatic carbocycles. The number of amides is 1. The molecular formula is C19H25IN4O2S. The van der Waals surface area contributed by atoms with Crippen LogP contribution in [0.2, 0.25) is 0 Å². The van der Waals surface area contributed by atoms with E-state index >= 15 is 0 Å². The fourth-order valence-corrected chi connectivity index (χ4v) is 3.34. The first kappa shape index (κ1) is 21.5. The third kappa shape index (κ3) is 6.10. The van der Waals surface area contributed by atoms with Crippen molar-refractivity contribution in [3.8, 4) is 5.75 Å². The summed E-state index contributed by atoms with van der Waals surface area (Å²) in [5.74, 6) is 1.54. The highest BCUT2D eigenvalue weighted by atomic mass is 127. The lowest BCUT2D eigenvalue weighted by molar-refractivity contribution is -0.127. The zero-order valence-electron chi connectivity index (χ0n) is 15.5. The van der Waals surface area contributed by atoms with Gasteiger partial charge in [0.15, 0.2) is 5.96 Å². The molecule has 6 nitrogen and oxygen atoms in total. The van der Waals surface area contributed by atoms with Gasteiger partial charge in [0, 0.05) is 26.1 Å². The van der Waals surface area contributed by atoms with Gasteiger partial charge in [-0.05, 0) is 28.5 Å². The van der Waals surface area contributed by atoms with Gasteiger partial charge in [0.05, 0.1) is 25.7 Å². The van der Waals surface area contributed by atoms with Gasteiger partial charge in [0.2, 0.25) is 5.91 Å². The summed E-state index contributed by atoms with van der Waals surface area (Å²) in [6.45, 7) is 1.43. The number of nitrogens with one attached hydrogen (secondary N) is 2. The van der Waals surface area contributed by atoms with Crippen LogP contribution in [0.3, 0.4) is 0 Å². The molecule has 3 rings (SSSR count). The second-order valence-electron chi connectivity index (χ2n) is 6.31. The Hall–Kier alpha value is -1.81. The van der Waals surface area contributed by atoms with Gasteiger partial charge in [-0.25, -0.2) is 4.99 Å². The van der Waals surface area contributed by atoms with Crippen molar-refractivity contribution in [2.45, 2.75) is 19.0 Å². The van der Waals surface area contributed by atoms with E-state index in [4.69, 9.17) is 4.74 Å². The highest BCUT2D eigenvalue weighted by Crippen LogP contribution is 2.31. The number of guanidine groups is 1. The second kappa shape index (κ2) is 10.5. The van der Waals surface area contributed by atoms with E-state index in [0.29, 0.717) is 19.1 Å². The topological polar surface area (TPSA) is 66.0 Å². The molecule has 1 unspecified atom stereocenters. The molecule has 146 valence electrons. The fraction of sp³-hybridized carbons (Fsp3) is 0.368. The molecule has 0 fully saturated rings. The van der Waals surface area contributed by atoms with Crippen molar-refractivity contribution in [2.75, 3.05) is 27.2 Å². The fourth-order valence-electron chi connectivity index (χ4n) is 2.68. The van der Waals surface area contributed by atoms with Gasteiger partial charge in [0.25, 0.3) is 0 Å². The molecule has 0 saturated heterocycles. The molecule has 0 radical (unpaired) electrons. The van der Waals surface area contributed by atoms with Crippen LogP contribution < -0.4 is 15.4 Å². The van der Waals surface area contributed by atoms with Crippen LogP contribution in [0.15, 0.2) is 46.1 Å². The van der Waals surface area contributed by atoms with E-state index in [1.165, 1.54) is 0 Å². The van der Waals surface area contributed by atoms with Crippen molar-refractivity contribution in [3.05, 3.63) is 52.2 Å². The Morgan fingerprint density at radius 1 is 1.33 bits per heavy atom. The monoisotopic (exact) mass is 500 g/mol. The molecule has 1 aromatic heterocycles. The lowest BCUT2D eigenvalue weighted by Gasteiger charge is -2.28. The number of rotatable bonds is 5. The maximum absolute atomic E-state index is 11.9.